The van der Waals surface area contributed by atoms with Gasteiger partial charge in [0.25, 0.3) is 0 Å². The molecule has 0 saturated carbocycles. The zero-order valence-corrected chi connectivity index (χ0v) is 12.9. The van der Waals surface area contributed by atoms with Crippen molar-refractivity contribution in [1.82, 2.24) is 4.98 Å². The largest absolute Gasteiger partial charge is 0.493 e. The van der Waals surface area contributed by atoms with Crippen molar-refractivity contribution < 1.29 is 14.3 Å². The molecule has 114 valence electrons. The molecule has 0 aliphatic heterocycles. The molecule has 1 aromatic heterocycles. The van der Waals surface area contributed by atoms with E-state index in [2.05, 4.69) is 10.3 Å². The van der Waals surface area contributed by atoms with Gasteiger partial charge in [0.2, 0.25) is 5.91 Å². The lowest BCUT2D eigenvalue weighted by atomic mass is 10.1. The second-order valence-corrected chi connectivity index (χ2v) is 4.61. The lowest BCUT2D eigenvalue weighted by Gasteiger charge is -2.09. The highest BCUT2D eigenvalue weighted by Gasteiger charge is 2.08. The number of benzene rings is 1. The Labute approximate surface area is 133 Å². The van der Waals surface area contributed by atoms with E-state index in [1.807, 2.05) is 12.1 Å². The second kappa shape index (κ2) is 7.47. The van der Waals surface area contributed by atoms with Crippen LogP contribution in [0.5, 0.6) is 11.5 Å². The topological polar surface area (TPSA) is 60.5 Å². The molecule has 1 N–H and O–H groups in total. The maximum absolute atomic E-state index is 11.9. The second-order valence-electron chi connectivity index (χ2n) is 4.25. The van der Waals surface area contributed by atoms with Gasteiger partial charge in [-0.3, -0.25) is 4.79 Å². The summed E-state index contributed by atoms with van der Waals surface area (Å²) in [5.74, 6) is 0.841. The fourth-order valence-corrected chi connectivity index (χ4v) is 2.03. The van der Waals surface area contributed by atoms with E-state index in [0.717, 1.165) is 5.56 Å². The Kier molecular flexibility index (Phi) is 5.38. The van der Waals surface area contributed by atoms with Crippen LogP contribution in [0.4, 0.5) is 5.69 Å². The molecule has 0 bridgehead atoms. The third-order valence-electron chi connectivity index (χ3n) is 2.86. The van der Waals surface area contributed by atoms with Crippen LogP contribution in [0.3, 0.4) is 0 Å². The molecular formula is C16H15ClN2O3. The van der Waals surface area contributed by atoms with Crippen LogP contribution >= 0.6 is 11.6 Å². The van der Waals surface area contributed by atoms with Gasteiger partial charge in [0.1, 0.15) is 0 Å². The highest BCUT2D eigenvalue weighted by molar-refractivity contribution is 6.32. The molecule has 0 atom stereocenters. The molecule has 0 radical (unpaired) electrons. The number of pyridine rings is 1. The maximum Gasteiger partial charge on any atom is 0.248 e. The normalized spacial score (nSPS) is 10.5. The van der Waals surface area contributed by atoms with Crippen molar-refractivity contribution in [2.75, 3.05) is 19.5 Å². The van der Waals surface area contributed by atoms with Gasteiger partial charge in [0.05, 0.1) is 19.9 Å². The number of rotatable bonds is 5. The summed E-state index contributed by atoms with van der Waals surface area (Å²) < 4.78 is 10.5. The molecule has 6 heteroatoms. The summed E-state index contributed by atoms with van der Waals surface area (Å²) in [6, 6.07) is 8.79. The number of hydrogen-bond donors (Lipinski definition) is 1. The SMILES string of the molecule is COc1cccc(/C=C/C(=O)Nc2cccnc2Cl)c1OC. The highest BCUT2D eigenvalue weighted by atomic mass is 35.5. The van der Waals surface area contributed by atoms with Crippen molar-refractivity contribution in [3.8, 4) is 11.5 Å². The van der Waals surface area contributed by atoms with Gasteiger partial charge >= 0.3 is 0 Å². The van der Waals surface area contributed by atoms with Crippen molar-refractivity contribution in [2.45, 2.75) is 0 Å². The Hall–Kier alpha value is -2.53. The Morgan fingerprint density at radius 1 is 1.23 bits per heavy atom. The Morgan fingerprint density at radius 2 is 2.05 bits per heavy atom. The van der Waals surface area contributed by atoms with Crippen molar-refractivity contribution >= 4 is 29.3 Å². The third-order valence-corrected chi connectivity index (χ3v) is 3.17. The van der Waals surface area contributed by atoms with Crippen molar-refractivity contribution in [2.24, 2.45) is 0 Å². The molecule has 1 heterocycles. The molecule has 1 amide bonds. The number of carbonyl (C=O) groups excluding carboxylic acids is 1. The molecule has 0 spiro atoms. The van der Waals surface area contributed by atoms with Crippen LogP contribution in [-0.2, 0) is 4.79 Å². The van der Waals surface area contributed by atoms with Gasteiger partial charge < -0.3 is 14.8 Å². The molecule has 0 unspecified atom stereocenters. The summed E-state index contributed by atoms with van der Waals surface area (Å²) in [7, 11) is 3.10. The average molecular weight is 319 g/mol. The van der Waals surface area contributed by atoms with Gasteiger partial charge in [-0.1, -0.05) is 23.7 Å². The summed E-state index contributed by atoms with van der Waals surface area (Å²) >= 11 is 5.89. The minimum absolute atomic E-state index is 0.239. The van der Waals surface area contributed by atoms with Gasteiger partial charge in [-0.2, -0.15) is 0 Å². The van der Waals surface area contributed by atoms with E-state index in [9.17, 15) is 4.79 Å². The predicted molar refractivity (Wildman–Crippen MR) is 86.5 cm³/mol. The lowest BCUT2D eigenvalue weighted by Crippen LogP contribution is -2.08. The van der Waals surface area contributed by atoms with E-state index in [0.29, 0.717) is 17.2 Å². The Bertz CT molecular complexity index is 702. The molecule has 2 aromatic rings. The van der Waals surface area contributed by atoms with Crippen LogP contribution in [0.1, 0.15) is 5.56 Å². The van der Waals surface area contributed by atoms with Crippen LogP contribution in [-0.4, -0.2) is 25.1 Å². The third kappa shape index (κ3) is 3.77. The fourth-order valence-electron chi connectivity index (χ4n) is 1.86. The molecule has 1 aromatic carbocycles. The number of para-hydroxylation sites is 1. The average Bonchev–Trinajstić information content (AvgIpc) is 2.54. The molecule has 0 aliphatic carbocycles. The van der Waals surface area contributed by atoms with Gasteiger partial charge in [-0.15, -0.1) is 0 Å². The van der Waals surface area contributed by atoms with E-state index >= 15 is 0 Å². The number of aromatic nitrogens is 1. The molecule has 0 aliphatic rings. The van der Waals surface area contributed by atoms with Gasteiger partial charge in [-0.05, 0) is 24.3 Å². The van der Waals surface area contributed by atoms with Crippen LogP contribution in [0.25, 0.3) is 6.08 Å². The monoisotopic (exact) mass is 318 g/mol. The summed E-state index contributed by atoms with van der Waals surface area (Å²) in [4.78, 5) is 15.8. The van der Waals surface area contributed by atoms with Crippen LogP contribution in [0.15, 0.2) is 42.6 Å². The van der Waals surface area contributed by atoms with E-state index in [1.165, 1.54) is 6.08 Å². The predicted octanol–water partition coefficient (Wildman–Crippen LogP) is 3.40. The zero-order valence-electron chi connectivity index (χ0n) is 12.2. The van der Waals surface area contributed by atoms with Crippen LogP contribution in [0.2, 0.25) is 5.15 Å². The molecule has 0 fully saturated rings. The summed E-state index contributed by atoms with van der Waals surface area (Å²) in [6.07, 6.45) is 4.58. The maximum atomic E-state index is 11.9. The van der Waals surface area contributed by atoms with E-state index in [-0.39, 0.29) is 11.1 Å². The molecule has 22 heavy (non-hydrogen) atoms. The lowest BCUT2D eigenvalue weighted by molar-refractivity contribution is -0.111. The number of hydrogen-bond acceptors (Lipinski definition) is 4. The number of nitrogens with zero attached hydrogens (tertiary/aromatic N) is 1. The first-order chi connectivity index (χ1) is 10.7. The van der Waals surface area contributed by atoms with E-state index < -0.39 is 0 Å². The highest BCUT2D eigenvalue weighted by Crippen LogP contribution is 2.31. The number of ether oxygens (including phenoxy) is 2. The van der Waals surface area contributed by atoms with Crippen molar-refractivity contribution in [1.29, 1.82) is 0 Å². The molecule has 2 rings (SSSR count). The quantitative estimate of drug-likeness (QED) is 0.678. The van der Waals surface area contributed by atoms with Crippen molar-refractivity contribution in [3.63, 3.8) is 0 Å². The summed E-state index contributed by atoms with van der Waals surface area (Å²) in [5, 5.41) is 2.89. The number of anilines is 1. The Balaban J connectivity index is 2.15. The summed E-state index contributed by atoms with van der Waals surface area (Å²) in [6.45, 7) is 0. The summed E-state index contributed by atoms with van der Waals surface area (Å²) in [5.41, 5.74) is 1.19. The molecule has 5 nitrogen and oxygen atoms in total. The minimum Gasteiger partial charge on any atom is -0.493 e. The van der Waals surface area contributed by atoms with Crippen LogP contribution < -0.4 is 14.8 Å². The fraction of sp³-hybridized carbons (Fsp3) is 0.125. The first kappa shape index (κ1) is 15.9. The number of methoxy groups -OCH3 is 2. The van der Waals surface area contributed by atoms with Crippen molar-refractivity contribution in [3.05, 3.63) is 53.3 Å². The zero-order chi connectivity index (χ0) is 15.9. The number of carbonyl (C=O) groups is 1. The number of halogens is 1. The van der Waals surface area contributed by atoms with Gasteiger partial charge in [-0.25, -0.2) is 4.98 Å². The van der Waals surface area contributed by atoms with Gasteiger partial charge in [0, 0.05) is 17.8 Å². The molecule has 0 saturated heterocycles. The van der Waals surface area contributed by atoms with E-state index in [4.69, 9.17) is 21.1 Å². The first-order valence-corrected chi connectivity index (χ1v) is 6.84. The standard InChI is InChI=1S/C16H15ClN2O3/c1-21-13-7-3-5-11(15(13)22-2)8-9-14(20)19-12-6-4-10-18-16(12)17/h3-10H,1-2H3,(H,19,20)/b9-8+. The smallest absolute Gasteiger partial charge is 0.248 e. The molecular weight excluding hydrogens is 304 g/mol. The van der Waals surface area contributed by atoms with E-state index in [1.54, 1.807) is 44.7 Å². The first-order valence-electron chi connectivity index (χ1n) is 6.46. The van der Waals surface area contributed by atoms with Gasteiger partial charge in [0.15, 0.2) is 16.7 Å². The minimum atomic E-state index is -0.320. The number of nitrogens with one attached hydrogen (secondary N) is 1. The Morgan fingerprint density at radius 3 is 2.73 bits per heavy atom. The number of amides is 1. The van der Waals surface area contributed by atoms with Crippen LogP contribution in [0, 0.1) is 0 Å².